The van der Waals surface area contributed by atoms with Crippen LogP contribution in [0.4, 0.5) is 0 Å². The van der Waals surface area contributed by atoms with Crippen LogP contribution < -0.4 is 10.0 Å². The first-order chi connectivity index (χ1) is 10.3. The molecule has 0 aliphatic carbocycles. The standard InChI is InChI=1S/C15H24N2O4S/c1-11(2)12(3)17-15(18)13-6-5-7-14(10-13)22(19,20)16-8-9-21-4/h5-7,10-12,16H,8-9H2,1-4H3,(H,17,18). The van der Waals surface area contributed by atoms with Crippen molar-refractivity contribution >= 4 is 15.9 Å². The van der Waals surface area contributed by atoms with Gasteiger partial charge in [0.15, 0.2) is 0 Å². The van der Waals surface area contributed by atoms with E-state index >= 15 is 0 Å². The fourth-order valence-corrected chi connectivity index (χ4v) is 2.68. The van der Waals surface area contributed by atoms with E-state index in [1.165, 1.54) is 19.2 Å². The first kappa shape index (κ1) is 18.6. The Labute approximate surface area is 132 Å². The minimum atomic E-state index is -3.64. The summed E-state index contributed by atoms with van der Waals surface area (Å²) in [5, 5.41) is 2.85. The monoisotopic (exact) mass is 328 g/mol. The second kappa shape index (κ2) is 8.26. The molecule has 0 saturated heterocycles. The zero-order chi connectivity index (χ0) is 16.8. The highest BCUT2D eigenvalue weighted by molar-refractivity contribution is 7.89. The van der Waals surface area contributed by atoms with Gasteiger partial charge in [-0.05, 0) is 31.0 Å². The Morgan fingerprint density at radius 2 is 1.95 bits per heavy atom. The molecule has 0 radical (unpaired) electrons. The number of benzene rings is 1. The zero-order valence-corrected chi connectivity index (χ0v) is 14.2. The fourth-order valence-electron chi connectivity index (χ4n) is 1.62. The van der Waals surface area contributed by atoms with Gasteiger partial charge in [0.1, 0.15) is 0 Å². The maximum absolute atomic E-state index is 12.2. The Bertz CT molecular complexity index is 599. The van der Waals surface area contributed by atoms with E-state index in [-0.39, 0.29) is 30.0 Å². The molecule has 1 rings (SSSR count). The van der Waals surface area contributed by atoms with E-state index in [9.17, 15) is 13.2 Å². The highest BCUT2D eigenvalue weighted by Crippen LogP contribution is 2.12. The van der Waals surface area contributed by atoms with Crippen molar-refractivity contribution in [2.45, 2.75) is 31.7 Å². The third-order valence-corrected chi connectivity index (χ3v) is 4.82. The molecule has 22 heavy (non-hydrogen) atoms. The van der Waals surface area contributed by atoms with Crippen LogP contribution >= 0.6 is 0 Å². The minimum absolute atomic E-state index is 0.00703. The van der Waals surface area contributed by atoms with E-state index in [0.29, 0.717) is 11.5 Å². The van der Waals surface area contributed by atoms with Gasteiger partial charge in [-0.2, -0.15) is 0 Å². The van der Waals surface area contributed by atoms with E-state index in [4.69, 9.17) is 4.74 Å². The smallest absolute Gasteiger partial charge is 0.251 e. The largest absolute Gasteiger partial charge is 0.383 e. The van der Waals surface area contributed by atoms with Gasteiger partial charge in [-0.25, -0.2) is 13.1 Å². The number of methoxy groups -OCH3 is 1. The summed E-state index contributed by atoms with van der Waals surface area (Å²) in [5.74, 6) is 0.0155. The van der Waals surface area contributed by atoms with Gasteiger partial charge in [-0.1, -0.05) is 19.9 Å². The number of amides is 1. The normalized spacial score (nSPS) is 13.1. The van der Waals surface area contributed by atoms with Crippen LogP contribution in [0.3, 0.4) is 0 Å². The van der Waals surface area contributed by atoms with Crippen molar-refractivity contribution in [2.75, 3.05) is 20.3 Å². The van der Waals surface area contributed by atoms with Gasteiger partial charge in [-0.3, -0.25) is 4.79 Å². The topological polar surface area (TPSA) is 84.5 Å². The van der Waals surface area contributed by atoms with E-state index in [2.05, 4.69) is 10.0 Å². The Hall–Kier alpha value is -1.44. The number of ether oxygens (including phenoxy) is 1. The van der Waals surface area contributed by atoms with Crippen LogP contribution in [0, 0.1) is 5.92 Å². The van der Waals surface area contributed by atoms with Crippen LogP contribution in [0.1, 0.15) is 31.1 Å². The summed E-state index contributed by atoms with van der Waals surface area (Å²) in [4.78, 5) is 12.2. The average molecular weight is 328 g/mol. The molecule has 1 atom stereocenters. The molecule has 2 N–H and O–H groups in total. The van der Waals surface area contributed by atoms with E-state index < -0.39 is 10.0 Å². The quantitative estimate of drug-likeness (QED) is 0.706. The molecule has 0 saturated carbocycles. The molecule has 1 unspecified atom stereocenters. The highest BCUT2D eigenvalue weighted by atomic mass is 32.2. The zero-order valence-electron chi connectivity index (χ0n) is 13.4. The lowest BCUT2D eigenvalue weighted by Gasteiger charge is -2.17. The molecule has 1 aromatic rings. The first-order valence-electron chi connectivity index (χ1n) is 7.17. The molecule has 0 aliphatic heterocycles. The maximum Gasteiger partial charge on any atom is 0.251 e. The fraction of sp³-hybridized carbons (Fsp3) is 0.533. The minimum Gasteiger partial charge on any atom is -0.383 e. The summed E-state index contributed by atoms with van der Waals surface area (Å²) in [6.45, 7) is 6.39. The van der Waals surface area contributed by atoms with Crippen LogP contribution in [0.25, 0.3) is 0 Å². The van der Waals surface area contributed by atoms with Crippen molar-refractivity contribution < 1.29 is 17.9 Å². The molecule has 1 amide bonds. The van der Waals surface area contributed by atoms with Crippen molar-refractivity contribution in [1.82, 2.24) is 10.0 Å². The van der Waals surface area contributed by atoms with Crippen molar-refractivity contribution in [3.8, 4) is 0 Å². The van der Waals surface area contributed by atoms with E-state index in [0.717, 1.165) is 0 Å². The summed E-state index contributed by atoms with van der Waals surface area (Å²) in [6.07, 6.45) is 0. The predicted molar refractivity (Wildman–Crippen MR) is 85.3 cm³/mol. The number of sulfonamides is 1. The van der Waals surface area contributed by atoms with Gasteiger partial charge in [0.05, 0.1) is 11.5 Å². The van der Waals surface area contributed by atoms with E-state index in [1.54, 1.807) is 12.1 Å². The van der Waals surface area contributed by atoms with Crippen LogP contribution in [0.15, 0.2) is 29.2 Å². The number of hydrogen-bond acceptors (Lipinski definition) is 4. The molecule has 7 heteroatoms. The van der Waals surface area contributed by atoms with Crippen LogP contribution in [-0.4, -0.2) is 40.6 Å². The number of nitrogens with one attached hydrogen (secondary N) is 2. The number of hydrogen-bond donors (Lipinski definition) is 2. The molecule has 0 aromatic heterocycles. The van der Waals surface area contributed by atoms with Gasteiger partial charge in [0.25, 0.3) is 5.91 Å². The van der Waals surface area contributed by atoms with Crippen molar-refractivity contribution in [3.63, 3.8) is 0 Å². The van der Waals surface area contributed by atoms with Crippen LogP contribution in [-0.2, 0) is 14.8 Å². The van der Waals surface area contributed by atoms with Gasteiger partial charge < -0.3 is 10.1 Å². The van der Waals surface area contributed by atoms with Gasteiger partial charge >= 0.3 is 0 Å². The second-order valence-electron chi connectivity index (χ2n) is 5.42. The molecule has 0 aliphatic rings. The van der Waals surface area contributed by atoms with E-state index in [1.807, 2.05) is 20.8 Å². The Morgan fingerprint density at radius 1 is 1.27 bits per heavy atom. The molecule has 0 fully saturated rings. The molecule has 0 spiro atoms. The molecule has 0 bridgehead atoms. The Balaban J connectivity index is 2.87. The lowest BCUT2D eigenvalue weighted by Crippen LogP contribution is -2.36. The summed E-state index contributed by atoms with van der Waals surface area (Å²) in [6, 6.07) is 5.98. The SMILES string of the molecule is COCCNS(=O)(=O)c1cccc(C(=O)NC(C)C(C)C)c1. The maximum atomic E-state index is 12.2. The highest BCUT2D eigenvalue weighted by Gasteiger charge is 2.17. The third kappa shape index (κ3) is 5.40. The number of carbonyl (C=O) groups is 1. The molecule has 6 nitrogen and oxygen atoms in total. The molecular formula is C15H24N2O4S. The summed E-state index contributed by atoms with van der Waals surface area (Å²) in [5.41, 5.74) is 0.321. The predicted octanol–water partition coefficient (Wildman–Crippen LogP) is 1.39. The summed E-state index contributed by atoms with van der Waals surface area (Å²) in [7, 11) is -2.15. The van der Waals surface area contributed by atoms with Crippen molar-refractivity contribution in [1.29, 1.82) is 0 Å². The third-order valence-electron chi connectivity index (χ3n) is 3.36. The lowest BCUT2D eigenvalue weighted by molar-refractivity contribution is 0.0930. The second-order valence-corrected chi connectivity index (χ2v) is 7.19. The molecular weight excluding hydrogens is 304 g/mol. The molecule has 0 heterocycles. The Kier molecular flexibility index (Phi) is 6.99. The molecule has 124 valence electrons. The van der Waals surface area contributed by atoms with Crippen molar-refractivity contribution in [2.24, 2.45) is 5.92 Å². The first-order valence-corrected chi connectivity index (χ1v) is 8.65. The van der Waals surface area contributed by atoms with Gasteiger partial charge in [0.2, 0.25) is 10.0 Å². The summed E-state index contributed by atoms with van der Waals surface area (Å²) < 4.78 is 31.5. The number of carbonyl (C=O) groups excluding carboxylic acids is 1. The van der Waals surface area contributed by atoms with Crippen molar-refractivity contribution in [3.05, 3.63) is 29.8 Å². The molecule has 1 aromatic carbocycles. The summed E-state index contributed by atoms with van der Waals surface area (Å²) >= 11 is 0. The Morgan fingerprint density at radius 3 is 2.55 bits per heavy atom. The number of rotatable bonds is 8. The van der Waals surface area contributed by atoms with Gasteiger partial charge in [-0.15, -0.1) is 0 Å². The lowest BCUT2D eigenvalue weighted by atomic mass is 10.1. The van der Waals surface area contributed by atoms with Crippen LogP contribution in [0.5, 0.6) is 0 Å². The average Bonchev–Trinajstić information content (AvgIpc) is 2.47. The van der Waals surface area contributed by atoms with Gasteiger partial charge in [0, 0.05) is 25.3 Å². The van der Waals surface area contributed by atoms with Crippen LogP contribution in [0.2, 0.25) is 0 Å².